The number of hydrogen-bond acceptors (Lipinski definition) is 7. The maximum Gasteiger partial charge on any atom is 0.243 e. The number of hydrogen-bond donors (Lipinski definition) is 1. The molecule has 1 aliphatic heterocycles. The van der Waals surface area contributed by atoms with Crippen LogP contribution in [0.2, 0.25) is 0 Å². The molecule has 9 heteroatoms. The summed E-state index contributed by atoms with van der Waals surface area (Å²) in [7, 11) is -3.50. The van der Waals surface area contributed by atoms with E-state index < -0.39 is 10.0 Å². The van der Waals surface area contributed by atoms with Gasteiger partial charge in [0.2, 0.25) is 21.7 Å². The lowest BCUT2D eigenvalue weighted by molar-refractivity contribution is 0.117. The number of benzene rings is 1. The molecule has 0 spiro atoms. The van der Waals surface area contributed by atoms with Crippen LogP contribution in [0, 0.1) is 5.92 Å². The number of aliphatic hydroxyl groups is 1. The highest BCUT2D eigenvalue weighted by molar-refractivity contribution is 7.89. The zero-order valence-corrected chi connectivity index (χ0v) is 14.4. The molecule has 2 aliphatic rings. The van der Waals surface area contributed by atoms with Crippen LogP contribution in [0.15, 0.2) is 33.7 Å². The minimum atomic E-state index is -3.50. The van der Waals surface area contributed by atoms with E-state index in [1.54, 1.807) is 12.1 Å². The first-order chi connectivity index (χ1) is 12.1. The summed E-state index contributed by atoms with van der Waals surface area (Å²) in [5, 5.41) is 12.9. The minimum Gasteiger partial charge on any atom is -0.485 e. The van der Waals surface area contributed by atoms with Crippen LogP contribution >= 0.6 is 0 Å². The monoisotopic (exact) mass is 365 g/mol. The topological polar surface area (TPSA) is 106 Å². The lowest BCUT2D eigenvalue weighted by atomic mass is 10.1. The molecule has 8 nitrogen and oxygen atoms in total. The molecule has 2 fully saturated rings. The molecule has 1 aromatic carbocycles. The molecule has 1 aromatic heterocycles. The maximum atomic E-state index is 12.4. The largest absolute Gasteiger partial charge is 0.485 e. The molecule has 0 atom stereocenters. The fourth-order valence-electron chi connectivity index (χ4n) is 2.66. The lowest BCUT2D eigenvalue weighted by Gasteiger charge is -2.36. The molecule has 1 N–H and O–H groups in total. The van der Waals surface area contributed by atoms with Gasteiger partial charge >= 0.3 is 0 Å². The average Bonchev–Trinajstić information content (AvgIpc) is 3.31. The number of ether oxygens (including phenoxy) is 1. The van der Waals surface area contributed by atoms with Crippen molar-refractivity contribution in [2.24, 2.45) is 5.92 Å². The Bertz CT molecular complexity index is 839. The van der Waals surface area contributed by atoms with Gasteiger partial charge in [0.15, 0.2) is 6.61 Å². The molecule has 1 aliphatic carbocycles. The van der Waals surface area contributed by atoms with Crippen LogP contribution < -0.4 is 4.74 Å². The molecular formula is C16H19N3O5S. The lowest BCUT2D eigenvalue weighted by Crippen LogP contribution is -2.51. The summed E-state index contributed by atoms with van der Waals surface area (Å²) in [5.41, 5.74) is 0. The van der Waals surface area contributed by atoms with Gasteiger partial charge in [-0.05, 0) is 37.1 Å². The molecule has 0 radical (unpaired) electrons. The van der Waals surface area contributed by atoms with E-state index in [9.17, 15) is 8.42 Å². The second-order valence-corrected chi connectivity index (χ2v) is 8.39. The second-order valence-electron chi connectivity index (χ2n) is 6.45. The summed E-state index contributed by atoms with van der Waals surface area (Å²) in [5.74, 6) is 2.11. The summed E-state index contributed by atoms with van der Waals surface area (Å²) >= 11 is 0. The van der Waals surface area contributed by atoms with Crippen molar-refractivity contribution in [1.29, 1.82) is 0 Å². The molecule has 134 valence electrons. The predicted molar refractivity (Wildman–Crippen MR) is 86.4 cm³/mol. The van der Waals surface area contributed by atoms with Crippen molar-refractivity contribution in [3.63, 3.8) is 0 Å². The van der Waals surface area contributed by atoms with Crippen molar-refractivity contribution in [3.05, 3.63) is 36.0 Å². The summed E-state index contributed by atoms with van der Waals surface area (Å²) in [6.07, 6.45) is 2.18. The first-order valence-corrected chi connectivity index (χ1v) is 9.66. The van der Waals surface area contributed by atoms with Crippen LogP contribution in [0.25, 0.3) is 0 Å². The van der Waals surface area contributed by atoms with Gasteiger partial charge < -0.3 is 14.4 Å². The van der Waals surface area contributed by atoms with Gasteiger partial charge in [-0.3, -0.25) is 0 Å². The third-order valence-electron chi connectivity index (χ3n) is 4.42. The van der Waals surface area contributed by atoms with Crippen molar-refractivity contribution in [3.8, 4) is 5.75 Å². The van der Waals surface area contributed by atoms with Crippen molar-refractivity contribution in [2.75, 3.05) is 19.7 Å². The van der Waals surface area contributed by atoms with Crippen molar-refractivity contribution < 1.29 is 22.8 Å². The number of aromatic nitrogens is 2. The average molecular weight is 365 g/mol. The molecular weight excluding hydrogens is 346 g/mol. The Morgan fingerprint density at radius 3 is 2.60 bits per heavy atom. The predicted octanol–water partition coefficient (Wildman–Crippen LogP) is 1.14. The van der Waals surface area contributed by atoms with E-state index in [4.69, 9.17) is 14.4 Å². The van der Waals surface area contributed by atoms with Crippen LogP contribution in [0.1, 0.15) is 30.5 Å². The Hall–Kier alpha value is -1.97. The number of sulfonamides is 1. The SMILES string of the molecule is O=S(=O)(c1ccc(OCc2noc(C3CC3)n2)cc1)N1CC(CO)C1. The van der Waals surface area contributed by atoms with Gasteiger partial charge in [-0.25, -0.2) is 8.42 Å². The normalized spacial score (nSPS) is 18.9. The van der Waals surface area contributed by atoms with Gasteiger partial charge in [0.05, 0.1) is 4.90 Å². The third-order valence-corrected chi connectivity index (χ3v) is 6.27. The third kappa shape index (κ3) is 3.39. The molecule has 4 rings (SSSR count). The van der Waals surface area contributed by atoms with Gasteiger partial charge in [0.25, 0.3) is 0 Å². The zero-order chi connectivity index (χ0) is 17.4. The second kappa shape index (κ2) is 6.40. The van der Waals surface area contributed by atoms with Crippen LogP contribution in [0.4, 0.5) is 0 Å². The van der Waals surface area contributed by atoms with Crippen molar-refractivity contribution in [1.82, 2.24) is 14.4 Å². The fourth-order valence-corrected chi connectivity index (χ4v) is 4.25. The van der Waals surface area contributed by atoms with E-state index in [2.05, 4.69) is 10.1 Å². The molecule has 2 aromatic rings. The fraction of sp³-hybridized carbons (Fsp3) is 0.500. The van der Waals surface area contributed by atoms with Crippen LogP contribution in [0.5, 0.6) is 5.75 Å². The van der Waals surface area contributed by atoms with Crippen LogP contribution in [0.3, 0.4) is 0 Å². The van der Waals surface area contributed by atoms with E-state index in [0.717, 1.165) is 12.8 Å². The zero-order valence-electron chi connectivity index (χ0n) is 13.5. The van der Waals surface area contributed by atoms with Gasteiger partial charge in [-0.2, -0.15) is 9.29 Å². The molecule has 1 saturated carbocycles. The van der Waals surface area contributed by atoms with Gasteiger partial charge in [0, 0.05) is 31.5 Å². The van der Waals surface area contributed by atoms with E-state index in [-0.39, 0.29) is 24.0 Å². The van der Waals surface area contributed by atoms with Crippen LogP contribution in [-0.4, -0.2) is 47.7 Å². The number of nitrogens with zero attached hydrogens (tertiary/aromatic N) is 3. The molecule has 0 unspecified atom stereocenters. The highest BCUT2D eigenvalue weighted by atomic mass is 32.2. The Balaban J connectivity index is 1.36. The van der Waals surface area contributed by atoms with Crippen molar-refractivity contribution >= 4 is 10.0 Å². The van der Waals surface area contributed by atoms with Gasteiger partial charge in [-0.1, -0.05) is 5.16 Å². The smallest absolute Gasteiger partial charge is 0.243 e. The van der Waals surface area contributed by atoms with E-state index in [1.165, 1.54) is 16.4 Å². The quantitative estimate of drug-likeness (QED) is 0.784. The number of rotatable bonds is 7. The minimum absolute atomic E-state index is 0.0113. The Morgan fingerprint density at radius 1 is 1.24 bits per heavy atom. The summed E-state index contributed by atoms with van der Waals surface area (Å²) in [6, 6.07) is 6.25. The molecule has 25 heavy (non-hydrogen) atoms. The summed E-state index contributed by atoms with van der Waals surface area (Å²) in [6.45, 7) is 0.903. The molecule has 0 amide bonds. The standard InChI is InChI=1S/C16H19N3O5S/c20-9-11-7-19(8-11)25(21,22)14-5-3-13(4-6-14)23-10-15-17-16(24-18-15)12-1-2-12/h3-6,11-12,20H,1-2,7-10H2. The van der Waals surface area contributed by atoms with E-state index in [1.807, 2.05) is 0 Å². The van der Waals surface area contributed by atoms with E-state index in [0.29, 0.717) is 36.5 Å². The van der Waals surface area contributed by atoms with Crippen molar-refractivity contribution in [2.45, 2.75) is 30.3 Å². The van der Waals surface area contributed by atoms with Gasteiger partial charge in [0.1, 0.15) is 5.75 Å². The molecule has 1 saturated heterocycles. The first kappa shape index (κ1) is 16.5. The van der Waals surface area contributed by atoms with E-state index >= 15 is 0 Å². The highest BCUT2D eigenvalue weighted by Crippen LogP contribution is 2.38. The summed E-state index contributed by atoms with van der Waals surface area (Å²) < 4.78 is 36.9. The Morgan fingerprint density at radius 2 is 1.96 bits per heavy atom. The summed E-state index contributed by atoms with van der Waals surface area (Å²) in [4.78, 5) is 4.49. The van der Waals surface area contributed by atoms with Crippen LogP contribution in [-0.2, 0) is 16.6 Å². The number of aliphatic hydroxyl groups excluding tert-OH is 1. The maximum absolute atomic E-state index is 12.4. The Kier molecular flexibility index (Phi) is 4.22. The molecule has 2 heterocycles. The molecule has 0 bridgehead atoms. The Labute approximate surface area is 145 Å². The highest BCUT2D eigenvalue weighted by Gasteiger charge is 2.36. The van der Waals surface area contributed by atoms with Gasteiger partial charge in [-0.15, -0.1) is 0 Å². The first-order valence-electron chi connectivity index (χ1n) is 8.22.